The second kappa shape index (κ2) is 9.18. The Morgan fingerprint density at radius 2 is 1.91 bits per heavy atom. The van der Waals surface area contributed by atoms with Crippen molar-refractivity contribution in [3.8, 4) is 5.75 Å². The minimum atomic E-state index is -0.638. The van der Waals surface area contributed by atoms with Crippen molar-refractivity contribution in [2.24, 2.45) is 5.73 Å². The van der Waals surface area contributed by atoms with Gasteiger partial charge in [0.25, 0.3) is 0 Å². The zero-order chi connectivity index (χ0) is 15.9. The predicted molar refractivity (Wildman–Crippen MR) is 95.1 cm³/mol. The molecule has 0 spiro atoms. The standard InChI is InChI=1S/C18H22N2O2.ClH/c1-13-8-9-16(22-2)15(12-13)10-11-20-18(21)17(19)14-6-4-3-5-7-14;/h3-9,12,17H,10-11,19H2,1-2H3,(H,20,21);1H. The molecule has 0 aromatic heterocycles. The summed E-state index contributed by atoms with van der Waals surface area (Å²) in [6, 6.07) is 14.7. The van der Waals surface area contributed by atoms with Crippen molar-refractivity contribution in [1.82, 2.24) is 5.32 Å². The highest BCUT2D eigenvalue weighted by Gasteiger charge is 2.14. The molecular weight excluding hydrogens is 312 g/mol. The van der Waals surface area contributed by atoms with Crippen LogP contribution in [0.4, 0.5) is 0 Å². The van der Waals surface area contributed by atoms with Gasteiger partial charge in [-0.05, 0) is 30.5 Å². The molecule has 124 valence electrons. The number of hydrogen-bond acceptors (Lipinski definition) is 3. The van der Waals surface area contributed by atoms with Crippen molar-refractivity contribution in [1.29, 1.82) is 0 Å². The first-order valence-corrected chi connectivity index (χ1v) is 7.33. The van der Waals surface area contributed by atoms with Crippen molar-refractivity contribution in [3.63, 3.8) is 0 Å². The second-order valence-corrected chi connectivity index (χ2v) is 5.24. The molecule has 2 rings (SSSR count). The van der Waals surface area contributed by atoms with E-state index in [4.69, 9.17) is 10.5 Å². The molecule has 2 aromatic rings. The minimum Gasteiger partial charge on any atom is -0.496 e. The first-order chi connectivity index (χ1) is 10.6. The highest BCUT2D eigenvalue weighted by Crippen LogP contribution is 2.19. The van der Waals surface area contributed by atoms with Gasteiger partial charge < -0.3 is 15.8 Å². The number of halogens is 1. The molecule has 0 fully saturated rings. The van der Waals surface area contributed by atoms with E-state index in [2.05, 4.69) is 11.4 Å². The number of nitrogens with two attached hydrogens (primary N) is 1. The number of benzene rings is 2. The van der Waals surface area contributed by atoms with Crippen LogP contribution in [0.1, 0.15) is 22.7 Å². The molecule has 1 unspecified atom stereocenters. The molecular formula is C18H23ClN2O2. The molecule has 0 aliphatic heterocycles. The molecule has 0 heterocycles. The highest BCUT2D eigenvalue weighted by atomic mass is 35.5. The first-order valence-electron chi connectivity index (χ1n) is 7.33. The topological polar surface area (TPSA) is 64.3 Å². The van der Waals surface area contributed by atoms with E-state index in [1.807, 2.05) is 49.4 Å². The molecule has 0 aliphatic rings. The Balaban J connectivity index is 0.00000264. The Hall–Kier alpha value is -2.04. The summed E-state index contributed by atoms with van der Waals surface area (Å²) in [5.41, 5.74) is 9.02. The third-order valence-electron chi connectivity index (χ3n) is 3.57. The van der Waals surface area contributed by atoms with Crippen molar-refractivity contribution >= 4 is 18.3 Å². The second-order valence-electron chi connectivity index (χ2n) is 5.24. The maximum Gasteiger partial charge on any atom is 0.241 e. The number of ether oxygens (including phenoxy) is 1. The SMILES string of the molecule is COc1ccc(C)cc1CCNC(=O)C(N)c1ccccc1.Cl. The van der Waals surface area contributed by atoms with Crippen molar-refractivity contribution in [2.75, 3.05) is 13.7 Å². The van der Waals surface area contributed by atoms with Crippen LogP contribution in [0.15, 0.2) is 48.5 Å². The van der Waals surface area contributed by atoms with Gasteiger partial charge in [0.15, 0.2) is 0 Å². The predicted octanol–water partition coefficient (Wildman–Crippen LogP) is 2.78. The smallest absolute Gasteiger partial charge is 0.241 e. The Labute approximate surface area is 143 Å². The average Bonchev–Trinajstić information content (AvgIpc) is 2.55. The molecule has 1 atom stereocenters. The van der Waals surface area contributed by atoms with Crippen molar-refractivity contribution < 1.29 is 9.53 Å². The minimum absolute atomic E-state index is 0. The molecule has 5 heteroatoms. The Kier molecular flexibility index (Phi) is 7.59. The molecule has 0 saturated carbocycles. The van der Waals surface area contributed by atoms with Gasteiger partial charge in [0.2, 0.25) is 5.91 Å². The first kappa shape index (κ1) is 19.0. The Morgan fingerprint density at radius 3 is 2.57 bits per heavy atom. The molecule has 0 aliphatic carbocycles. The quantitative estimate of drug-likeness (QED) is 0.853. The van der Waals surface area contributed by atoms with Crippen LogP contribution in [-0.4, -0.2) is 19.6 Å². The molecule has 0 bridgehead atoms. The van der Waals surface area contributed by atoms with Gasteiger partial charge in [0.05, 0.1) is 7.11 Å². The van der Waals surface area contributed by atoms with Crippen molar-refractivity contribution in [3.05, 3.63) is 65.2 Å². The van der Waals surface area contributed by atoms with Gasteiger partial charge in [-0.15, -0.1) is 12.4 Å². The van der Waals surface area contributed by atoms with Gasteiger partial charge in [-0.25, -0.2) is 0 Å². The molecule has 23 heavy (non-hydrogen) atoms. The Morgan fingerprint density at radius 1 is 1.22 bits per heavy atom. The van der Waals surface area contributed by atoms with Gasteiger partial charge in [0, 0.05) is 6.54 Å². The van der Waals surface area contributed by atoms with Gasteiger partial charge in [0.1, 0.15) is 11.8 Å². The van der Waals surface area contributed by atoms with Crippen LogP contribution < -0.4 is 15.8 Å². The van der Waals surface area contributed by atoms with E-state index in [1.54, 1.807) is 7.11 Å². The third kappa shape index (κ3) is 5.27. The molecule has 0 saturated heterocycles. The summed E-state index contributed by atoms with van der Waals surface area (Å²) in [6.45, 7) is 2.56. The van der Waals surface area contributed by atoms with Gasteiger partial charge in [-0.1, -0.05) is 48.0 Å². The monoisotopic (exact) mass is 334 g/mol. The number of hydrogen-bond donors (Lipinski definition) is 2. The fraction of sp³-hybridized carbons (Fsp3) is 0.278. The van der Waals surface area contributed by atoms with Gasteiger partial charge in [-0.2, -0.15) is 0 Å². The molecule has 2 aromatic carbocycles. The van der Waals surface area contributed by atoms with E-state index >= 15 is 0 Å². The van der Waals surface area contributed by atoms with Crippen LogP contribution in [0.5, 0.6) is 5.75 Å². The van der Waals surface area contributed by atoms with Crippen LogP contribution in [-0.2, 0) is 11.2 Å². The number of carbonyl (C=O) groups excluding carboxylic acids is 1. The lowest BCUT2D eigenvalue weighted by atomic mass is 10.1. The molecule has 3 N–H and O–H groups in total. The average molecular weight is 335 g/mol. The number of methoxy groups -OCH3 is 1. The van der Waals surface area contributed by atoms with E-state index in [-0.39, 0.29) is 18.3 Å². The summed E-state index contributed by atoms with van der Waals surface area (Å²) in [5, 5.41) is 2.88. The number of aryl methyl sites for hydroxylation is 1. The molecule has 4 nitrogen and oxygen atoms in total. The summed E-state index contributed by atoms with van der Waals surface area (Å²) in [7, 11) is 1.65. The summed E-state index contributed by atoms with van der Waals surface area (Å²) in [4.78, 5) is 12.1. The van der Waals surface area contributed by atoms with Crippen molar-refractivity contribution in [2.45, 2.75) is 19.4 Å². The largest absolute Gasteiger partial charge is 0.496 e. The van der Waals surface area contributed by atoms with Crippen LogP contribution >= 0.6 is 12.4 Å². The van der Waals surface area contributed by atoms with E-state index < -0.39 is 6.04 Å². The highest BCUT2D eigenvalue weighted by molar-refractivity contribution is 5.85. The normalized spacial score (nSPS) is 11.3. The third-order valence-corrected chi connectivity index (χ3v) is 3.57. The lowest BCUT2D eigenvalue weighted by Crippen LogP contribution is -2.35. The zero-order valence-corrected chi connectivity index (χ0v) is 14.2. The van der Waals surface area contributed by atoms with Gasteiger partial charge in [-0.3, -0.25) is 4.79 Å². The summed E-state index contributed by atoms with van der Waals surface area (Å²) in [5.74, 6) is 0.671. The number of rotatable bonds is 6. The number of amides is 1. The number of nitrogens with one attached hydrogen (secondary N) is 1. The number of carbonyl (C=O) groups is 1. The maximum atomic E-state index is 12.1. The fourth-order valence-corrected chi connectivity index (χ4v) is 2.34. The molecule has 1 amide bonds. The molecule has 0 radical (unpaired) electrons. The van der Waals surface area contributed by atoms with Crippen LogP contribution in [0, 0.1) is 6.92 Å². The van der Waals surface area contributed by atoms with Crippen LogP contribution in [0.25, 0.3) is 0 Å². The van der Waals surface area contributed by atoms with Gasteiger partial charge >= 0.3 is 0 Å². The maximum absolute atomic E-state index is 12.1. The lowest BCUT2D eigenvalue weighted by molar-refractivity contribution is -0.122. The summed E-state index contributed by atoms with van der Waals surface area (Å²) >= 11 is 0. The van der Waals surface area contributed by atoms with E-state index in [0.29, 0.717) is 13.0 Å². The van der Waals surface area contributed by atoms with E-state index in [1.165, 1.54) is 5.56 Å². The van der Waals surface area contributed by atoms with Crippen LogP contribution in [0.2, 0.25) is 0 Å². The van der Waals surface area contributed by atoms with Crippen LogP contribution in [0.3, 0.4) is 0 Å². The zero-order valence-electron chi connectivity index (χ0n) is 13.4. The lowest BCUT2D eigenvalue weighted by Gasteiger charge is -2.14. The summed E-state index contributed by atoms with van der Waals surface area (Å²) in [6.07, 6.45) is 0.706. The van der Waals surface area contributed by atoms with E-state index in [0.717, 1.165) is 16.9 Å². The van der Waals surface area contributed by atoms with E-state index in [9.17, 15) is 4.79 Å². The fourth-order valence-electron chi connectivity index (χ4n) is 2.34. The summed E-state index contributed by atoms with van der Waals surface area (Å²) < 4.78 is 5.34. The Bertz CT molecular complexity index is 632.